The van der Waals surface area contributed by atoms with Crippen LogP contribution in [0.2, 0.25) is 0 Å². The van der Waals surface area contributed by atoms with Gasteiger partial charge in [-0.2, -0.15) is 0 Å². The lowest BCUT2D eigenvalue weighted by molar-refractivity contribution is 0.453. The highest BCUT2D eigenvalue weighted by molar-refractivity contribution is 5.55. The molecule has 1 aliphatic rings. The van der Waals surface area contributed by atoms with Crippen molar-refractivity contribution in [1.82, 2.24) is 5.32 Å². The number of hydrogen-bond donors (Lipinski definition) is 2. The molecule has 2 nitrogen and oxygen atoms in total. The van der Waals surface area contributed by atoms with Gasteiger partial charge < -0.3 is 10.6 Å². The Hall–Kier alpha value is -1.02. The smallest absolute Gasteiger partial charge is 0.0390 e. The molecule has 0 saturated heterocycles. The van der Waals surface area contributed by atoms with Crippen LogP contribution in [-0.4, -0.2) is 12.6 Å². The third kappa shape index (κ3) is 3.22. The van der Waals surface area contributed by atoms with Crippen LogP contribution in [0.25, 0.3) is 0 Å². The largest absolute Gasteiger partial charge is 0.382 e. The van der Waals surface area contributed by atoms with Crippen LogP contribution in [0.15, 0.2) is 24.3 Å². The van der Waals surface area contributed by atoms with Crippen molar-refractivity contribution in [2.24, 2.45) is 0 Å². The summed E-state index contributed by atoms with van der Waals surface area (Å²) in [5.74, 6) is 0. The number of anilines is 1. The molecule has 0 fully saturated rings. The van der Waals surface area contributed by atoms with Crippen molar-refractivity contribution in [1.29, 1.82) is 0 Å². The minimum Gasteiger partial charge on any atom is -0.382 e. The predicted molar refractivity (Wildman–Crippen MR) is 74.4 cm³/mol. The first kappa shape index (κ1) is 12.4. The average Bonchev–Trinajstić information content (AvgIpc) is 2.34. The molecule has 0 aromatic heterocycles. The van der Waals surface area contributed by atoms with E-state index in [0.29, 0.717) is 12.1 Å². The maximum atomic E-state index is 3.70. The van der Waals surface area contributed by atoms with Gasteiger partial charge >= 0.3 is 0 Å². The molecule has 0 bridgehead atoms. The summed E-state index contributed by atoms with van der Waals surface area (Å²) in [6, 6.07) is 9.76. The second-order valence-electron chi connectivity index (χ2n) is 5.08. The summed E-state index contributed by atoms with van der Waals surface area (Å²) in [5, 5.41) is 7.25. The Balaban J connectivity index is 1.97. The summed E-state index contributed by atoms with van der Waals surface area (Å²) in [6.45, 7) is 5.65. The molecule has 2 atom stereocenters. The normalized spacial score (nSPS) is 22.9. The number of fused-ring (bicyclic) bond motifs is 1. The highest BCUT2D eigenvalue weighted by Crippen LogP contribution is 2.32. The molecular weight excluding hydrogens is 208 g/mol. The standard InChI is InChI=1S/C15H24N2/c1-3-4-7-10-16-15-11-12(2)17-14-9-6-5-8-13(14)15/h5-6,8-9,12,15-17H,3-4,7,10-11H2,1-2H3/t12-,15+/m0/s1. The molecule has 1 aromatic rings. The molecule has 0 spiro atoms. The molecule has 2 N–H and O–H groups in total. The van der Waals surface area contributed by atoms with Gasteiger partial charge in [-0.1, -0.05) is 38.0 Å². The van der Waals surface area contributed by atoms with Crippen molar-refractivity contribution in [3.05, 3.63) is 29.8 Å². The second-order valence-corrected chi connectivity index (χ2v) is 5.08. The Morgan fingerprint density at radius 1 is 1.29 bits per heavy atom. The van der Waals surface area contributed by atoms with Crippen LogP contribution in [0.3, 0.4) is 0 Å². The molecule has 2 rings (SSSR count). The fraction of sp³-hybridized carbons (Fsp3) is 0.600. The lowest BCUT2D eigenvalue weighted by Gasteiger charge is -2.32. The zero-order valence-corrected chi connectivity index (χ0v) is 11.0. The summed E-state index contributed by atoms with van der Waals surface area (Å²) >= 11 is 0. The molecule has 94 valence electrons. The summed E-state index contributed by atoms with van der Waals surface area (Å²) in [7, 11) is 0. The summed E-state index contributed by atoms with van der Waals surface area (Å²) < 4.78 is 0. The minimum absolute atomic E-state index is 0.527. The molecule has 0 unspecified atom stereocenters. The molecule has 0 radical (unpaired) electrons. The van der Waals surface area contributed by atoms with Crippen molar-refractivity contribution in [2.45, 2.75) is 51.6 Å². The van der Waals surface area contributed by atoms with Gasteiger partial charge in [0.25, 0.3) is 0 Å². The predicted octanol–water partition coefficient (Wildman–Crippen LogP) is 3.71. The maximum Gasteiger partial charge on any atom is 0.0390 e. The summed E-state index contributed by atoms with van der Waals surface area (Å²) in [5.41, 5.74) is 2.74. The highest BCUT2D eigenvalue weighted by atomic mass is 15.0. The van der Waals surface area contributed by atoms with E-state index in [1.165, 1.54) is 36.9 Å². The number of benzene rings is 1. The van der Waals surface area contributed by atoms with Crippen molar-refractivity contribution in [2.75, 3.05) is 11.9 Å². The van der Waals surface area contributed by atoms with Gasteiger partial charge in [0.2, 0.25) is 0 Å². The second kappa shape index (κ2) is 6.06. The monoisotopic (exact) mass is 232 g/mol. The first-order valence-corrected chi connectivity index (χ1v) is 6.90. The van der Waals surface area contributed by atoms with Gasteiger partial charge in [0.15, 0.2) is 0 Å². The van der Waals surface area contributed by atoms with E-state index in [0.717, 1.165) is 6.54 Å². The van der Waals surface area contributed by atoms with Crippen molar-refractivity contribution < 1.29 is 0 Å². The van der Waals surface area contributed by atoms with E-state index in [1.807, 2.05) is 0 Å². The third-order valence-corrected chi connectivity index (χ3v) is 3.50. The Labute approximate surface area is 105 Å². The number of nitrogens with one attached hydrogen (secondary N) is 2. The summed E-state index contributed by atoms with van der Waals surface area (Å²) in [4.78, 5) is 0. The van der Waals surface area contributed by atoms with Crippen LogP contribution in [0, 0.1) is 0 Å². The Bertz CT molecular complexity index is 349. The lowest BCUT2D eigenvalue weighted by atomic mass is 9.93. The van der Waals surface area contributed by atoms with Crippen LogP contribution < -0.4 is 10.6 Å². The molecule has 2 heteroatoms. The van der Waals surface area contributed by atoms with Crippen LogP contribution in [0.4, 0.5) is 5.69 Å². The lowest BCUT2D eigenvalue weighted by Crippen LogP contribution is -2.33. The highest BCUT2D eigenvalue weighted by Gasteiger charge is 2.22. The fourth-order valence-electron chi connectivity index (χ4n) is 2.58. The molecule has 1 aromatic carbocycles. The Morgan fingerprint density at radius 3 is 2.94 bits per heavy atom. The average molecular weight is 232 g/mol. The van der Waals surface area contributed by atoms with Crippen LogP contribution in [0.1, 0.15) is 51.1 Å². The van der Waals surface area contributed by atoms with Gasteiger partial charge in [0, 0.05) is 17.8 Å². The number of rotatable bonds is 5. The number of hydrogen-bond acceptors (Lipinski definition) is 2. The van der Waals surface area contributed by atoms with Gasteiger partial charge in [0.05, 0.1) is 0 Å². The molecular formula is C15H24N2. The van der Waals surface area contributed by atoms with Crippen LogP contribution >= 0.6 is 0 Å². The minimum atomic E-state index is 0.527. The molecule has 17 heavy (non-hydrogen) atoms. The van der Waals surface area contributed by atoms with E-state index in [1.54, 1.807) is 0 Å². The number of para-hydroxylation sites is 1. The van der Waals surface area contributed by atoms with Gasteiger partial charge in [-0.05, 0) is 37.9 Å². The topological polar surface area (TPSA) is 24.1 Å². The van der Waals surface area contributed by atoms with E-state index >= 15 is 0 Å². The molecule has 1 aliphatic heterocycles. The van der Waals surface area contributed by atoms with E-state index in [-0.39, 0.29) is 0 Å². The van der Waals surface area contributed by atoms with Gasteiger partial charge in [-0.3, -0.25) is 0 Å². The Morgan fingerprint density at radius 2 is 2.12 bits per heavy atom. The summed E-state index contributed by atoms with van der Waals surface area (Å²) in [6.07, 6.45) is 5.09. The first-order valence-electron chi connectivity index (χ1n) is 6.90. The molecule has 0 amide bonds. The number of unbranched alkanes of at least 4 members (excludes halogenated alkanes) is 2. The molecule has 0 aliphatic carbocycles. The van der Waals surface area contributed by atoms with Gasteiger partial charge in [-0.15, -0.1) is 0 Å². The molecule has 1 heterocycles. The van der Waals surface area contributed by atoms with E-state index in [2.05, 4.69) is 48.7 Å². The zero-order chi connectivity index (χ0) is 12.1. The Kier molecular flexibility index (Phi) is 4.43. The van der Waals surface area contributed by atoms with E-state index < -0.39 is 0 Å². The molecule has 0 saturated carbocycles. The van der Waals surface area contributed by atoms with Gasteiger partial charge in [0.1, 0.15) is 0 Å². The third-order valence-electron chi connectivity index (χ3n) is 3.50. The van der Waals surface area contributed by atoms with Crippen molar-refractivity contribution in [3.63, 3.8) is 0 Å². The zero-order valence-electron chi connectivity index (χ0n) is 11.0. The maximum absolute atomic E-state index is 3.70. The van der Waals surface area contributed by atoms with Crippen LogP contribution in [0.5, 0.6) is 0 Å². The van der Waals surface area contributed by atoms with Crippen molar-refractivity contribution >= 4 is 5.69 Å². The van der Waals surface area contributed by atoms with E-state index in [4.69, 9.17) is 0 Å². The van der Waals surface area contributed by atoms with Gasteiger partial charge in [-0.25, -0.2) is 0 Å². The van der Waals surface area contributed by atoms with Crippen molar-refractivity contribution in [3.8, 4) is 0 Å². The van der Waals surface area contributed by atoms with Crippen LogP contribution in [-0.2, 0) is 0 Å². The first-order chi connectivity index (χ1) is 8.31. The van der Waals surface area contributed by atoms with E-state index in [9.17, 15) is 0 Å². The SMILES string of the molecule is CCCCCN[C@@H]1C[C@H](C)Nc2ccccc21. The fourth-order valence-corrected chi connectivity index (χ4v) is 2.58. The quantitative estimate of drug-likeness (QED) is 0.756.